The van der Waals surface area contributed by atoms with E-state index in [0.29, 0.717) is 0 Å². The summed E-state index contributed by atoms with van der Waals surface area (Å²) in [7, 11) is 0. The zero-order chi connectivity index (χ0) is 14.7. The Bertz CT molecular complexity index is 607. The van der Waals surface area contributed by atoms with Crippen molar-refractivity contribution in [2.45, 2.75) is 30.8 Å². The van der Waals surface area contributed by atoms with Crippen LogP contribution in [0.3, 0.4) is 0 Å². The van der Waals surface area contributed by atoms with Crippen molar-refractivity contribution in [3.8, 4) is 5.75 Å². The highest BCUT2D eigenvalue weighted by Gasteiger charge is 2.20. The Hall–Kier alpha value is -1.45. The fourth-order valence-electron chi connectivity index (χ4n) is 2.72. The third-order valence-corrected chi connectivity index (χ3v) is 4.66. The van der Waals surface area contributed by atoms with Gasteiger partial charge in [-0.2, -0.15) is 0 Å². The standard InChI is InChI=1S/C18H20O2S/c1-2-21-15-10-8-13(9-11-15)17(19)16-7-3-5-14-6-4-12-20-18(14)16/h3,5,7-11,17,19H,2,4,6,12H2,1H3. The van der Waals surface area contributed by atoms with Crippen molar-refractivity contribution in [3.05, 3.63) is 59.2 Å². The van der Waals surface area contributed by atoms with Crippen molar-refractivity contribution < 1.29 is 9.84 Å². The number of rotatable bonds is 4. The maximum atomic E-state index is 10.7. The first-order valence-electron chi connectivity index (χ1n) is 7.45. The number of thioether (sulfide) groups is 1. The number of aryl methyl sites for hydroxylation is 1. The fourth-order valence-corrected chi connectivity index (χ4v) is 3.38. The Labute approximate surface area is 130 Å². The van der Waals surface area contributed by atoms with Crippen molar-refractivity contribution in [1.82, 2.24) is 0 Å². The van der Waals surface area contributed by atoms with Gasteiger partial charge in [-0.3, -0.25) is 0 Å². The molecule has 0 radical (unpaired) electrons. The molecule has 2 aromatic carbocycles. The number of benzene rings is 2. The van der Waals surface area contributed by atoms with Gasteiger partial charge in [0.2, 0.25) is 0 Å². The molecule has 1 N–H and O–H groups in total. The maximum Gasteiger partial charge on any atom is 0.128 e. The lowest BCUT2D eigenvalue weighted by atomic mass is 9.96. The number of aliphatic hydroxyl groups excluding tert-OH is 1. The van der Waals surface area contributed by atoms with Gasteiger partial charge in [-0.15, -0.1) is 11.8 Å². The first kappa shape index (κ1) is 14.5. The molecule has 110 valence electrons. The van der Waals surface area contributed by atoms with E-state index in [1.54, 1.807) is 0 Å². The fraction of sp³-hybridized carbons (Fsp3) is 0.333. The van der Waals surface area contributed by atoms with E-state index in [9.17, 15) is 5.11 Å². The van der Waals surface area contributed by atoms with Crippen LogP contribution in [0.1, 0.15) is 36.1 Å². The molecule has 0 amide bonds. The second-order valence-corrected chi connectivity index (χ2v) is 6.53. The van der Waals surface area contributed by atoms with Gasteiger partial charge in [0, 0.05) is 10.5 Å². The van der Waals surface area contributed by atoms with Gasteiger partial charge in [-0.05, 0) is 41.9 Å². The molecule has 2 aromatic rings. The summed E-state index contributed by atoms with van der Waals surface area (Å²) < 4.78 is 5.80. The SMILES string of the molecule is CCSc1ccc(C(O)c2cccc3c2OCCC3)cc1. The van der Waals surface area contributed by atoms with E-state index in [4.69, 9.17) is 4.74 Å². The van der Waals surface area contributed by atoms with Crippen LogP contribution in [-0.2, 0) is 6.42 Å². The van der Waals surface area contributed by atoms with E-state index in [1.165, 1.54) is 10.5 Å². The second-order valence-electron chi connectivity index (χ2n) is 5.19. The lowest BCUT2D eigenvalue weighted by molar-refractivity contribution is 0.206. The van der Waals surface area contributed by atoms with E-state index in [1.807, 2.05) is 36.0 Å². The third-order valence-electron chi connectivity index (χ3n) is 3.77. The largest absolute Gasteiger partial charge is 0.493 e. The summed E-state index contributed by atoms with van der Waals surface area (Å²) in [6, 6.07) is 14.2. The maximum absolute atomic E-state index is 10.7. The molecule has 0 spiro atoms. The molecule has 0 aliphatic carbocycles. The monoisotopic (exact) mass is 300 g/mol. The van der Waals surface area contributed by atoms with Gasteiger partial charge in [0.25, 0.3) is 0 Å². The van der Waals surface area contributed by atoms with Crippen LogP contribution < -0.4 is 4.74 Å². The summed E-state index contributed by atoms with van der Waals surface area (Å²) >= 11 is 1.81. The molecule has 1 unspecified atom stereocenters. The number of aliphatic hydroxyl groups is 1. The molecule has 21 heavy (non-hydrogen) atoms. The summed E-state index contributed by atoms with van der Waals surface area (Å²) in [5.41, 5.74) is 3.00. The van der Waals surface area contributed by atoms with Crippen molar-refractivity contribution >= 4 is 11.8 Å². The molecule has 1 aliphatic heterocycles. The van der Waals surface area contributed by atoms with Gasteiger partial charge in [0.1, 0.15) is 11.9 Å². The molecule has 0 bridgehead atoms. The summed E-state index contributed by atoms with van der Waals surface area (Å²) in [6.45, 7) is 2.88. The Morgan fingerprint density at radius 1 is 1.19 bits per heavy atom. The Morgan fingerprint density at radius 3 is 2.76 bits per heavy atom. The van der Waals surface area contributed by atoms with Gasteiger partial charge in [0.05, 0.1) is 6.61 Å². The minimum Gasteiger partial charge on any atom is -0.493 e. The minimum absolute atomic E-state index is 0.626. The number of para-hydroxylation sites is 1. The van der Waals surface area contributed by atoms with E-state index in [-0.39, 0.29) is 0 Å². The summed E-state index contributed by atoms with van der Waals surface area (Å²) in [4.78, 5) is 1.24. The highest BCUT2D eigenvalue weighted by molar-refractivity contribution is 7.99. The third kappa shape index (κ3) is 3.09. The van der Waals surface area contributed by atoms with Crippen molar-refractivity contribution in [1.29, 1.82) is 0 Å². The number of hydrogen-bond acceptors (Lipinski definition) is 3. The van der Waals surface area contributed by atoms with Gasteiger partial charge < -0.3 is 9.84 Å². The second kappa shape index (κ2) is 6.54. The Morgan fingerprint density at radius 2 is 2.00 bits per heavy atom. The zero-order valence-electron chi connectivity index (χ0n) is 12.2. The van der Waals surface area contributed by atoms with Crippen molar-refractivity contribution in [2.75, 3.05) is 12.4 Å². The van der Waals surface area contributed by atoms with Crippen molar-refractivity contribution in [3.63, 3.8) is 0 Å². The van der Waals surface area contributed by atoms with Crippen LogP contribution in [0.25, 0.3) is 0 Å². The van der Waals surface area contributed by atoms with Crippen LogP contribution >= 0.6 is 11.8 Å². The molecule has 3 rings (SSSR count). The predicted molar refractivity (Wildman–Crippen MR) is 87.2 cm³/mol. The molecule has 0 aromatic heterocycles. The lowest BCUT2D eigenvalue weighted by Gasteiger charge is -2.23. The molecular formula is C18H20O2S. The molecule has 1 heterocycles. The van der Waals surface area contributed by atoms with Crippen molar-refractivity contribution in [2.24, 2.45) is 0 Å². The average Bonchev–Trinajstić information content (AvgIpc) is 2.55. The molecule has 1 atom stereocenters. The van der Waals surface area contributed by atoms with E-state index in [0.717, 1.165) is 42.1 Å². The van der Waals surface area contributed by atoms with Crippen LogP contribution in [0.2, 0.25) is 0 Å². The summed E-state index contributed by atoms with van der Waals surface area (Å²) in [6.07, 6.45) is 1.45. The first-order valence-corrected chi connectivity index (χ1v) is 8.43. The van der Waals surface area contributed by atoms with Gasteiger partial charge in [0.15, 0.2) is 0 Å². The quantitative estimate of drug-likeness (QED) is 0.858. The lowest BCUT2D eigenvalue weighted by Crippen LogP contribution is -2.12. The van der Waals surface area contributed by atoms with Gasteiger partial charge in [-0.25, -0.2) is 0 Å². The normalized spacial score (nSPS) is 15.1. The Kier molecular flexibility index (Phi) is 4.51. The molecule has 3 heteroatoms. The Balaban J connectivity index is 1.89. The first-order chi connectivity index (χ1) is 10.3. The topological polar surface area (TPSA) is 29.5 Å². The molecule has 0 saturated heterocycles. The summed E-state index contributed by atoms with van der Waals surface area (Å²) in [5.74, 6) is 1.94. The molecular weight excluding hydrogens is 280 g/mol. The molecule has 0 fully saturated rings. The smallest absolute Gasteiger partial charge is 0.128 e. The number of ether oxygens (including phenoxy) is 1. The predicted octanol–water partition coefficient (Wildman–Crippen LogP) is 4.21. The van der Waals surface area contributed by atoms with Crippen LogP contribution in [0.15, 0.2) is 47.4 Å². The highest BCUT2D eigenvalue weighted by Crippen LogP contribution is 2.36. The van der Waals surface area contributed by atoms with Crippen LogP contribution in [0, 0.1) is 0 Å². The van der Waals surface area contributed by atoms with E-state index >= 15 is 0 Å². The van der Waals surface area contributed by atoms with Crippen LogP contribution in [0.4, 0.5) is 0 Å². The van der Waals surface area contributed by atoms with Crippen LogP contribution in [-0.4, -0.2) is 17.5 Å². The minimum atomic E-state index is -0.626. The highest BCUT2D eigenvalue weighted by atomic mass is 32.2. The van der Waals surface area contributed by atoms with Gasteiger partial charge in [-0.1, -0.05) is 37.3 Å². The van der Waals surface area contributed by atoms with E-state index < -0.39 is 6.10 Å². The summed E-state index contributed by atoms with van der Waals surface area (Å²) in [5, 5.41) is 10.7. The van der Waals surface area contributed by atoms with E-state index in [2.05, 4.69) is 25.1 Å². The molecule has 2 nitrogen and oxygen atoms in total. The zero-order valence-corrected chi connectivity index (χ0v) is 13.0. The molecule has 0 saturated carbocycles. The number of fused-ring (bicyclic) bond motifs is 1. The average molecular weight is 300 g/mol. The molecule has 1 aliphatic rings. The van der Waals surface area contributed by atoms with Gasteiger partial charge >= 0.3 is 0 Å². The van der Waals surface area contributed by atoms with Crippen LogP contribution in [0.5, 0.6) is 5.75 Å². The number of hydrogen-bond donors (Lipinski definition) is 1.